The van der Waals surface area contributed by atoms with Gasteiger partial charge in [-0.25, -0.2) is 0 Å². The molecule has 0 bridgehead atoms. The van der Waals surface area contributed by atoms with E-state index in [0.29, 0.717) is 12.8 Å². The van der Waals surface area contributed by atoms with Crippen molar-refractivity contribution >= 4 is 22.1 Å². The van der Waals surface area contributed by atoms with Crippen LogP contribution in [0.25, 0.3) is 0 Å². The number of unbranched alkanes of at least 4 members (excludes halogenated alkanes) is 23. The zero-order chi connectivity index (χ0) is 45.5. The van der Waals surface area contributed by atoms with E-state index in [1.54, 1.807) is 0 Å². The maximum absolute atomic E-state index is 12.8. The van der Waals surface area contributed by atoms with Crippen molar-refractivity contribution in [3.05, 3.63) is 36.5 Å². The first-order chi connectivity index (χ1) is 30.0. The predicted octanol–water partition coefficient (Wildman–Crippen LogP) is 10.6. The first kappa shape index (κ1) is 57.9. The highest BCUT2D eigenvalue weighted by Crippen LogP contribution is 2.24. The molecule has 0 radical (unpaired) electrons. The Labute approximate surface area is 376 Å². The fourth-order valence-electron chi connectivity index (χ4n) is 7.37. The van der Waals surface area contributed by atoms with Gasteiger partial charge in [-0.05, 0) is 57.8 Å². The van der Waals surface area contributed by atoms with Gasteiger partial charge in [-0.2, -0.15) is 8.42 Å². The first-order valence-corrected chi connectivity index (χ1v) is 26.2. The highest BCUT2D eigenvalue weighted by atomic mass is 32.2. The van der Waals surface area contributed by atoms with Crippen molar-refractivity contribution in [3.8, 4) is 0 Å². The molecule has 0 spiro atoms. The number of aliphatic hydroxyl groups is 3. The third kappa shape index (κ3) is 33.4. The van der Waals surface area contributed by atoms with Gasteiger partial charge in [-0.1, -0.05) is 172 Å². The maximum atomic E-state index is 12.8. The van der Waals surface area contributed by atoms with Crippen LogP contribution in [0.3, 0.4) is 0 Å². The van der Waals surface area contributed by atoms with Crippen LogP contribution in [0.2, 0.25) is 0 Å². The molecule has 1 aliphatic heterocycles. The second-order valence-electron chi connectivity index (χ2n) is 17.1. The molecule has 0 saturated carbocycles. The van der Waals surface area contributed by atoms with Crippen LogP contribution >= 0.6 is 0 Å². The van der Waals surface area contributed by atoms with Crippen LogP contribution in [-0.2, 0) is 38.7 Å². The second-order valence-corrected chi connectivity index (χ2v) is 18.6. The minimum absolute atomic E-state index is 0.0580. The van der Waals surface area contributed by atoms with E-state index in [0.717, 1.165) is 38.5 Å². The van der Waals surface area contributed by atoms with Crippen LogP contribution in [0.4, 0.5) is 0 Å². The number of carbonyl (C=O) groups excluding carboxylic acids is 2. The molecule has 0 amide bonds. The van der Waals surface area contributed by atoms with Gasteiger partial charge in [0.2, 0.25) is 0 Å². The van der Waals surface area contributed by atoms with Crippen LogP contribution in [0.5, 0.6) is 0 Å². The Morgan fingerprint density at radius 1 is 0.548 bits per heavy atom. The van der Waals surface area contributed by atoms with E-state index in [1.165, 1.54) is 128 Å². The van der Waals surface area contributed by atoms with Gasteiger partial charge < -0.3 is 34.3 Å². The van der Waals surface area contributed by atoms with E-state index in [4.69, 9.17) is 18.9 Å². The zero-order valence-corrected chi connectivity index (χ0v) is 39.5. The summed E-state index contributed by atoms with van der Waals surface area (Å²) in [5.74, 6) is -2.07. The summed E-state index contributed by atoms with van der Waals surface area (Å²) in [4.78, 5) is 25.4. The third-order valence-corrected chi connectivity index (χ3v) is 12.0. The van der Waals surface area contributed by atoms with Gasteiger partial charge in [-0.15, -0.1) is 0 Å². The van der Waals surface area contributed by atoms with E-state index >= 15 is 0 Å². The van der Waals surface area contributed by atoms with E-state index in [1.807, 2.05) is 12.2 Å². The summed E-state index contributed by atoms with van der Waals surface area (Å²) in [5, 5.41) is 30.9. The average molecular weight is 901 g/mol. The number of esters is 2. The van der Waals surface area contributed by atoms with E-state index < -0.39 is 71.2 Å². The Kier molecular flexibility index (Phi) is 36.6. The van der Waals surface area contributed by atoms with Crippen molar-refractivity contribution in [2.45, 2.75) is 243 Å². The summed E-state index contributed by atoms with van der Waals surface area (Å²) in [6, 6.07) is 0. The van der Waals surface area contributed by atoms with Crippen molar-refractivity contribution in [3.63, 3.8) is 0 Å². The SMILES string of the molecule is CCCCCCCC/C=C/C/C=C/CCC(=O)OC(COC(=O)CCCCCCCCC/C=C/CCCCCCCCCCCC)CO[C@H]1O[C@H](CS(=O)(=O)O)[C@@H](O)C(O)C1O. The molecule has 0 aromatic rings. The summed E-state index contributed by atoms with van der Waals surface area (Å²) in [6.07, 6.45) is 36.4. The molecular formula is C49H88O12S. The van der Waals surface area contributed by atoms with Gasteiger partial charge in [-0.3, -0.25) is 14.1 Å². The van der Waals surface area contributed by atoms with Crippen molar-refractivity contribution < 1.29 is 56.8 Å². The Bertz CT molecular complexity index is 1290. The predicted molar refractivity (Wildman–Crippen MR) is 247 cm³/mol. The minimum atomic E-state index is -4.61. The molecule has 362 valence electrons. The summed E-state index contributed by atoms with van der Waals surface area (Å²) >= 11 is 0. The highest BCUT2D eigenvalue weighted by molar-refractivity contribution is 7.85. The molecule has 1 heterocycles. The monoisotopic (exact) mass is 901 g/mol. The van der Waals surface area contributed by atoms with E-state index in [-0.39, 0.29) is 19.4 Å². The van der Waals surface area contributed by atoms with Crippen LogP contribution in [0, 0.1) is 0 Å². The lowest BCUT2D eigenvalue weighted by atomic mass is 10.00. The summed E-state index contributed by atoms with van der Waals surface area (Å²) in [7, 11) is -4.61. The number of ether oxygens (including phenoxy) is 4. The highest BCUT2D eigenvalue weighted by Gasteiger charge is 2.46. The molecule has 0 aliphatic carbocycles. The lowest BCUT2D eigenvalue weighted by Gasteiger charge is -2.40. The Balaban J connectivity index is 2.40. The Hall–Kier alpha value is -2.13. The largest absolute Gasteiger partial charge is 0.462 e. The molecule has 6 atom stereocenters. The van der Waals surface area contributed by atoms with Crippen molar-refractivity contribution in [1.82, 2.24) is 0 Å². The maximum Gasteiger partial charge on any atom is 0.306 e. The molecule has 1 aliphatic rings. The molecule has 1 fully saturated rings. The van der Waals surface area contributed by atoms with Gasteiger partial charge >= 0.3 is 11.9 Å². The Morgan fingerprint density at radius 2 is 1.00 bits per heavy atom. The molecule has 62 heavy (non-hydrogen) atoms. The van der Waals surface area contributed by atoms with Gasteiger partial charge in [0.1, 0.15) is 36.8 Å². The molecular weight excluding hydrogens is 813 g/mol. The van der Waals surface area contributed by atoms with Gasteiger partial charge in [0.15, 0.2) is 12.4 Å². The van der Waals surface area contributed by atoms with Gasteiger partial charge in [0, 0.05) is 12.8 Å². The number of allylic oxidation sites excluding steroid dienone is 6. The van der Waals surface area contributed by atoms with E-state index in [9.17, 15) is 37.9 Å². The molecule has 1 rings (SSSR count). The molecule has 1 saturated heterocycles. The third-order valence-electron chi connectivity index (χ3n) is 11.2. The summed E-state index contributed by atoms with van der Waals surface area (Å²) in [6.45, 7) is 3.71. The lowest BCUT2D eigenvalue weighted by molar-refractivity contribution is -0.297. The number of carbonyl (C=O) groups is 2. The molecule has 3 unspecified atom stereocenters. The van der Waals surface area contributed by atoms with Gasteiger partial charge in [0.05, 0.1) is 6.61 Å². The van der Waals surface area contributed by atoms with Crippen molar-refractivity contribution in [2.24, 2.45) is 0 Å². The van der Waals surface area contributed by atoms with Gasteiger partial charge in [0.25, 0.3) is 10.1 Å². The summed E-state index contributed by atoms with van der Waals surface area (Å²) < 4.78 is 54.0. The van der Waals surface area contributed by atoms with Crippen LogP contribution in [-0.4, -0.2) is 96.0 Å². The molecule has 0 aromatic heterocycles. The topological polar surface area (TPSA) is 186 Å². The van der Waals surface area contributed by atoms with Crippen LogP contribution in [0.15, 0.2) is 36.5 Å². The number of aliphatic hydroxyl groups excluding tert-OH is 3. The second kappa shape index (κ2) is 39.3. The average Bonchev–Trinajstić information content (AvgIpc) is 3.24. The van der Waals surface area contributed by atoms with Crippen molar-refractivity contribution in [1.29, 1.82) is 0 Å². The quantitative estimate of drug-likeness (QED) is 0.0197. The molecule has 13 heteroatoms. The number of rotatable bonds is 41. The van der Waals surface area contributed by atoms with Crippen molar-refractivity contribution in [2.75, 3.05) is 19.0 Å². The fraction of sp³-hybridized carbons (Fsp3) is 0.837. The normalized spacial score (nSPS) is 20.1. The minimum Gasteiger partial charge on any atom is -0.462 e. The standard InChI is InChI=1S/C49H88O12S/c1-3-5-7-9-11-13-15-17-18-19-20-21-22-23-24-26-27-29-31-33-35-37-44(50)58-39-42(40-59-49-48(54)47(53)46(52)43(61-49)41-62(55,56)57)60-45(51)38-36-34-32-30-28-25-16-14-12-10-8-6-4-2/h21-22,25,28,32,34,42-43,46-49,52-54H,3-20,23-24,26-27,29-31,33,35-41H2,1-2H3,(H,55,56,57)/b22-21+,28-25+,34-32+/t42?,43-,46-,47?,48?,49+/m1/s1. The molecule has 4 N–H and O–H groups in total. The molecule has 0 aromatic carbocycles. The molecule has 12 nitrogen and oxygen atoms in total. The number of hydrogen-bond donors (Lipinski definition) is 4. The number of hydrogen-bond acceptors (Lipinski definition) is 11. The van der Waals surface area contributed by atoms with Crippen LogP contribution < -0.4 is 0 Å². The first-order valence-electron chi connectivity index (χ1n) is 24.5. The van der Waals surface area contributed by atoms with Crippen LogP contribution in [0.1, 0.15) is 206 Å². The fourth-order valence-corrected chi connectivity index (χ4v) is 8.06. The lowest BCUT2D eigenvalue weighted by Crippen LogP contribution is -2.60. The van der Waals surface area contributed by atoms with E-state index in [2.05, 4.69) is 38.2 Å². The summed E-state index contributed by atoms with van der Waals surface area (Å²) in [5.41, 5.74) is 0. The Morgan fingerprint density at radius 3 is 1.50 bits per heavy atom. The zero-order valence-electron chi connectivity index (χ0n) is 38.7. The smallest absolute Gasteiger partial charge is 0.306 e.